The number of para-hydroxylation sites is 2. The van der Waals surface area contributed by atoms with Crippen LogP contribution in [-0.2, 0) is 21.6 Å². The quantitative estimate of drug-likeness (QED) is 0.0457. The molecule has 52 heavy (non-hydrogen) atoms. The fourth-order valence-electron chi connectivity index (χ4n) is 6.78. The second-order valence-electron chi connectivity index (χ2n) is 13.8. The fourth-order valence-corrected chi connectivity index (χ4v) is 7.60. The maximum absolute atomic E-state index is 13.9. The zero-order valence-corrected chi connectivity index (χ0v) is 33.1. The number of hydrogen-bond donors (Lipinski definition) is 1. The van der Waals surface area contributed by atoms with E-state index in [0.717, 1.165) is 41.4 Å². The van der Waals surface area contributed by atoms with E-state index in [-0.39, 0.29) is 17.2 Å². The van der Waals surface area contributed by atoms with E-state index >= 15 is 0 Å². The van der Waals surface area contributed by atoms with E-state index in [1.165, 1.54) is 89.5 Å². The summed E-state index contributed by atoms with van der Waals surface area (Å²) in [6, 6.07) is 13.8. The first-order valence-corrected chi connectivity index (χ1v) is 20.4. The first-order valence-electron chi connectivity index (χ1n) is 19.4. The van der Waals surface area contributed by atoms with E-state index in [0.29, 0.717) is 40.2 Å². The Kier molecular flexibility index (Phi) is 17.0. The molecule has 0 radical (unpaired) electrons. The van der Waals surface area contributed by atoms with Crippen LogP contribution in [0.4, 0.5) is 0 Å². The summed E-state index contributed by atoms with van der Waals surface area (Å²) >= 11 is 1.44. The van der Waals surface area contributed by atoms with Gasteiger partial charge in [0.2, 0.25) is 0 Å². The maximum Gasteiger partial charge on any atom is 0.340 e. The van der Waals surface area contributed by atoms with Gasteiger partial charge in [-0.05, 0) is 64.3 Å². The lowest BCUT2D eigenvalue weighted by atomic mass is 9.87. The molecule has 0 spiro atoms. The highest BCUT2D eigenvalue weighted by Crippen LogP contribution is 2.42. The lowest BCUT2D eigenvalue weighted by Crippen LogP contribution is -2.20. The molecule has 0 saturated carbocycles. The average Bonchev–Trinajstić information content (AvgIpc) is 3.55. The van der Waals surface area contributed by atoms with Crippen LogP contribution < -0.4 is 4.74 Å². The molecular formula is C43H59N3O5S. The number of ether oxygens (including phenoxy) is 3. The van der Waals surface area contributed by atoms with Gasteiger partial charge in [-0.25, -0.2) is 14.6 Å². The first-order chi connectivity index (χ1) is 25.3. The molecule has 9 heteroatoms. The van der Waals surface area contributed by atoms with Crippen molar-refractivity contribution in [3.05, 3.63) is 70.5 Å². The van der Waals surface area contributed by atoms with Crippen LogP contribution in [-0.4, -0.2) is 46.7 Å². The molecule has 2 heterocycles. The van der Waals surface area contributed by atoms with E-state index in [4.69, 9.17) is 24.2 Å². The van der Waals surface area contributed by atoms with Gasteiger partial charge in [-0.1, -0.05) is 120 Å². The van der Waals surface area contributed by atoms with E-state index < -0.39 is 11.9 Å². The Bertz CT molecular complexity index is 1700. The molecule has 4 rings (SSSR count). The Balaban J connectivity index is 1.63. The molecule has 2 aromatic carbocycles. The number of hydrogen-bond acceptors (Lipinski definition) is 8. The van der Waals surface area contributed by atoms with Crippen molar-refractivity contribution in [1.82, 2.24) is 15.0 Å². The Hall–Kier alpha value is -3.85. The van der Waals surface area contributed by atoms with Crippen molar-refractivity contribution in [2.24, 2.45) is 0 Å². The molecule has 0 fully saturated rings. The summed E-state index contributed by atoms with van der Waals surface area (Å²) < 4.78 is 17.4. The Morgan fingerprint density at radius 1 is 0.769 bits per heavy atom. The number of rotatable bonds is 23. The predicted octanol–water partition coefficient (Wildman–Crippen LogP) is 11.6. The second-order valence-corrected chi connectivity index (χ2v) is 14.7. The van der Waals surface area contributed by atoms with Crippen LogP contribution in [0, 0.1) is 6.92 Å². The summed E-state index contributed by atoms with van der Waals surface area (Å²) in [5, 5.41) is 0.708. The zero-order chi connectivity index (χ0) is 37.3. The molecule has 1 N–H and O–H groups in total. The molecule has 0 bridgehead atoms. The minimum Gasteiger partial charge on any atom is -0.493 e. The number of carbonyl (C=O) groups is 2. The highest BCUT2D eigenvalue weighted by Gasteiger charge is 2.32. The van der Waals surface area contributed by atoms with Crippen molar-refractivity contribution in [3.63, 3.8) is 0 Å². The number of thioether (sulfide) groups is 1. The van der Waals surface area contributed by atoms with Crippen molar-refractivity contribution in [1.29, 1.82) is 0 Å². The molecule has 8 nitrogen and oxygen atoms in total. The number of unbranched alkanes of at least 4 members (excludes halogenated alkanes) is 12. The van der Waals surface area contributed by atoms with Crippen LogP contribution >= 0.6 is 11.8 Å². The second kappa shape index (κ2) is 21.6. The van der Waals surface area contributed by atoms with Crippen LogP contribution in [0.5, 0.6) is 5.75 Å². The molecule has 0 unspecified atom stereocenters. The zero-order valence-electron chi connectivity index (χ0n) is 32.3. The molecule has 0 atom stereocenters. The molecular weight excluding hydrogens is 671 g/mol. The minimum atomic E-state index is -0.570. The highest BCUT2D eigenvalue weighted by molar-refractivity contribution is 7.98. The van der Waals surface area contributed by atoms with Crippen molar-refractivity contribution in [2.45, 2.75) is 142 Å². The third-order valence-electron chi connectivity index (χ3n) is 9.31. The summed E-state index contributed by atoms with van der Waals surface area (Å²) in [7, 11) is 1.36. The van der Waals surface area contributed by atoms with Crippen LogP contribution in [0.15, 0.2) is 47.6 Å². The Morgan fingerprint density at radius 2 is 1.42 bits per heavy atom. The Labute approximate surface area is 315 Å². The van der Waals surface area contributed by atoms with E-state index in [1.807, 2.05) is 57.2 Å². The molecule has 2 aromatic heterocycles. The van der Waals surface area contributed by atoms with Gasteiger partial charge in [0, 0.05) is 16.9 Å². The van der Waals surface area contributed by atoms with Gasteiger partial charge in [0.1, 0.15) is 5.75 Å². The molecule has 0 aliphatic heterocycles. The largest absolute Gasteiger partial charge is 0.493 e. The SMILES string of the molecule is CCCCCCCCCCCCCCCc1cccc(OCC)c1-c1c(C(=O)OC(C)C)c(C)nc(CSc2nc3ccccc3[nH]2)c1C(=O)OC. The number of fused-ring (bicyclic) bond motifs is 1. The number of esters is 2. The van der Waals surface area contributed by atoms with Crippen molar-refractivity contribution < 1.29 is 23.8 Å². The summed E-state index contributed by atoms with van der Waals surface area (Å²) in [4.78, 5) is 40.7. The summed E-state index contributed by atoms with van der Waals surface area (Å²) in [5.41, 5.74) is 5.46. The predicted molar refractivity (Wildman–Crippen MR) is 213 cm³/mol. The van der Waals surface area contributed by atoms with Gasteiger partial charge in [-0.2, -0.15) is 0 Å². The van der Waals surface area contributed by atoms with E-state index in [2.05, 4.69) is 18.0 Å². The molecule has 0 saturated heterocycles. The summed E-state index contributed by atoms with van der Waals surface area (Å²) in [6.45, 7) is 10.1. The number of imidazole rings is 1. The van der Waals surface area contributed by atoms with Crippen LogP contribution in [0.2, 0.25) is 0 Å². The Morgan fingerprint density at radius 3 is 2.04 bits per heavy atom. The molecule has 0 amide bonds. The summed E-state index contributed by atoms with van der Waals surface area (Å²) in [5.74, 6) is -0.169. The van der Waals surface area contributed by atoms with E-state index in [9.17, 15) is 9.59 Å². The van der Waals surface area contributed by atoms with Gasteiger partial charge in [0.05, 0.1) is 53.4 Å². The molecule has 0 aliphatic rings. The number of nitrogens with zero attached hydrogens (tertiary/aromatic N) is 2. The third kappa shape index (κ3) is 11.6. The lowest BCUT2D eigenvalue weighted by Gasteiger charge is -2.23. The van der Waals surface area contributed by atoms with Gasteiger partial charge >= 0.3 is 11.9 Å². The molecule has 282 valence electrons. The number of aromatic nitrogens is 3. The number of pyridine rings is 1. The number of benzene rings is 2. The maximum atomic E-state index is 13.9. The third-order valence-corrected chi connectivity index (χ3v) is 10.2. The topological polar surface area (TPSA) is 103 Å². The van der Waals surface area contributed by atoms with Gasteiger partial charge in [0.15, 0.2) is 5.16 Å². The monoisotopic (exact) mass is 729 g/mol. The highest BCUT2D eigenvalue weighted by atomic mass is 32.2. The average molecular weight is 730 g/mol. The lowest BCUT2D eigenvalue weighted by molar-refractivity contribution is 0.0377. The fraction of sp³-hybridized carbons (Fsp3) is 0.535. The molecule has 0 aliphatic carbocycles. The smallest absolute Gasteiger partial charge is 0.340 e. The van der Waals surface area contributed by atoms with Gasteiger partial charge < -0.3 is 19.2 Å². The molecule has 4 aromatic rings. The first kappa shape index (κ1) is 40.9. The number of nitrogens with one attached hydrogen (secondary N) is 1. The normalized spacial score (nSPS) is 11.4. The van der Waals surface area contributed by atoms with Crippen molar-refractivity contribution in [3.8, 4) is 16.9 Å². The van der Waals surface area contributed by atoms with Crippen molar-refractivity contribution >= 4 is 34.7 Å². The standard InChI is InChI=1S/C43H59N3O5S/c1-7-9-10-11-12-13-14-15-16-17-18-19-20-24-32-25-23-28-36(50-8-2)38(32)40-37(42(48)51-30(3)4)31(5)44-35(39(40)41(47)49-6)29-52-43-45-33-26-21-22-27-34(33)46-43/h21-23,25-28,30H,7-20,24,29H2,1-6H3,(H,45,46). The van der Waals surface area contributed by atoms with Gasteiger partial charge in [-0.15, -0.1) is 0 Å². The number of aromatic amines is 1. The van der Waals surface area contributed by atoms with Crippen LogP contribution in [0.25, 0.3) is 22.2 Å². The van der Waals surface area contributed by atoms with Crippen LogP contribution in [0.3, 0.4) is 0 Å². The van der Waals surface area contributed by atoms with Gasteiger partial charge in [0.25, 0.3) is 0 Å². The number of H-pyrrole nitrogens is 1. The number of aryl methyl sites for hydroxylation is 2. The minimum absolute atomic E-state index is 0.242. The summed E-state index contributed by atoms with van der Waals surface area (Å²) in [6.07, 6.45) is 17.0. The van der Waals surface area contributed by atoms with Crippen LogP contribution in [0.1, 0.15) is 149 Å². The van der Waals surface area contributed by atoms with Crippen molar-refractivity contribution in [2.75, 3.05) is 13.7 Å². The van der Waals surface area contributed by atoms with E-state index in [1.54, 1.807) is 6.92 Å². The number of methoxy groups -OCH3 is 1. The number of carbonyl (C=O) groups excluding carboxylic acids is 2. The van der Waals surface area contributed by atoms with Gasteiger partial charge in [-0.3, -0.25) is 4.98 Å².